The van der Waals surface area contributed by atoms with Crippen molar-refractivity contribution in [3.63, 3.8) is 0 Å². The Hall–Kier alpha value is -6.66. The third-order valence-corrected chi connectivity index (χ3v) is 7.68. The van der Waals surface area contributed by atoms with Crippen molar-refractivity contribution in [2.45, 2.75) is 0 Å². The van der Waals surface area contributed by atoms with Gasteiger partial charge in [-0.1, -0.05) is 72.8 Å². The quantitative estimate of drug-likeness (QED) is 0.143. The Labute approximate surface area is 280 Å². The van der Waals surface area contributed by atoms with Gasteiger partial charge in [0.15, 0.2) is 0 Å². The highest BCUT2D eigenvalue weighted by molar-refractivity contribution is 5.81. The normalized spacial score (nSPS) is 11.2. The summed E-state index contributed by atoms with van der Waals surface area (Å²) < 4.78 is 0. The molecule has 0 fully saturated rings. The van der Waals surface area contributed by atoms with Crippen molar-refractivity contribution in [2.24, 2.45) is 20.5 Å². The highest BCUT2D eigenvalue weighted by Gasteiger charge is 2.16. The molecule has 0 saturated carbocycles. The fourth-order valence-electron chi connectivity index (χ4n) is 5.36. The largest absolute Gasteiger partial charge is 0.311 e. The van der Waals surface area contributed by atoms with Gasteiger partial charge in [0.25, 0.3) is 0 Å². The predicted molar refractivity (Wildman–Crippen MR) is 197 cm³/mol. The lowest BCUT2D eigenvalue weighted by Crippen LogP contribution is -2.12. The van der Waals surface area contributed by atoms with E-state index in [0.29, 0.717) is 0 Å². The van der Waals surface area contributed by atoms with Crippen molar-refractivity contribution in [1.29, 1.82) is 0 Å². The Morgan fingerprint density at radius 3 is 0.708 bits per heavy atom. The summed E-state index contributed by atoms with van der Waals surface area (Å²) in [7, 11) is 0. The van der Waals surface area contributed by atoms with Gasteiger partial charge in [-0.15, -0.1) is 0 Å². The maximum Gasteiger partial charge on any atom is 0.0858 e. The molecule has 0 N–H and O–H groups in total. The van der Waals surface area contributed by atoms with E-state index < -0.39 is 0 Å². The maximum atomic E-state index is 4.45. The summed E-state index contributed by atoms with van der Waals surface area (Å²) >= 11 is 0. The third kappa shape index (κ3) is 7.25. The molecule has 7 aromatic rings. The summed E-state index contributed by atoms with van der Waals surface area (Å²) in [6, 6.07) is 65.1. The molecule has 0 aliphatic rings. The van der Waals surface area contributed by atoms with Crippen LogP contribution in [0.5, 0.6) is 0 Å². The van der Waals surface area contributed by atoms with Crippen LogP contribution in [0.3, 0.4) is 0 Å². The molecule has 6 nitrogen and oxygen atoms in total. The van der Waals surface area contributed by atoms with Gasteiger partial charge in [-0.25, -0.2) is 0 Å². The molecule has 0 heterocycles. The van der Waals surface area contributed by atoms with Crippen molar-refractivity contribution in [2.75, 3.05) is 9.80 Å². The van der Waals surface area contributed by atoms with E-state index in [1.165, 1.54) is 0 Å². The number of azo groups is 2. The molecule has 230 valence electrons. The molecule has 0 radical (unpaired) electrons. The number of hydrogen-bond donors (Lipinski definition) is 0. The average Bonchev–Trinajstić information content (AvgIpc) is 3.17. The predicted octanol–water partition coefficient (Wildman–Crippen LogP) is 13.5. The molecule has 6 heteroatoms. The molecule has 0 saturated heterocycles. The molecule has 48 heavy (non-hydrogen) atoms. The minimum atomic E-state index is 0.774. The number of nitrogens with zero attached hydrogens (tertiary/aromatic N) is 6. The van der Waals surface area contributed by atoms with Gasteiger partial charge in [0, 0.05) is 34.1 Å². The zero-order chi connectivity index (χ0) is 32.4. The van der Waals surface area contributed by atoms with Gasteiger partial charge >= 0.3 is 0 Å². The molecule has 0 amide bonds. The van der Waals surface area contributed by atoms with Crippen molar-refractivity contribution in [3.8, 4) is 0 Å². The first-order chi connectivity index (χ1) is 23.8. The second kappa shape index (κ2) is 14.6. The monoisotopic (exact) mass is 620 g/mol. The fraction of sp³-hybridized carbons (Fsp3) is 0. The minimum Gasteiger partial charge on any atom is -0.311 e. The van der Waals surface area contributed by atoms with Crippen LogP contribution in [0.15, 0.2) is 215 Å². The lowest BCUT2D eigenvalue weighted by Gasteiger charge is -2.28. The highest BCUT2D eigenvalue weighted by atomic mass is 15.2. The third-order valence-electron chi connectivity index (χ3n) is 7.68. The van der Waals surface area contributed by atoms with Crippen molar-refractivity contribution in [3.05, 3.63) is 194 Å². The molecule has 0 aliphatic heterocycles. The first-order valence-electron chi connectivity index (χ1n) is 15.7. The van der Waals surface area contributed by atoms with E-state index in [9.17, 15) is 0 Å². The molecule has 0 bridgehead atoms. The summed E-state index contributed by atoms with van der Waals surface area (Å²) in [5, 5.41) is 17.7. The number of hydrogen-bond acceptors (Lipinski definition) is 6. The Morgan fingerprint density at radius 1 is 0.208 bits per heavy atom. The zero-order valence-corrected chi connectivity index (χ0v) is 26.2. The smallest absolute Gasteiger partial charge is 0.0858 e. The highest BCUT2D eigenvalue weighted by Crippen LogP contribution is 2.40. The Kier molecular flexibility index (Phi) is 9.15. The Bertz CT molecular complexity index is 1950. The molecule has 0 spiro atoms. The number of benzene rings is 7. The Balaban J connectivity index is 1.22. The summed E-state index contributed by atoms with van der Waals surface area (Å²) in [4.78, 5) is 4.47. The van der Waals surface area contributed by atoms with Crippen LogP contribution in [0.2, 0.25) is 0 Å². The first-order valence-corrected chi connectivity index (χ1v) is 15.7. The fourth-order valence-corrected chi connectivity index (χ4v) is 5.36. The van der Waals surface area contributed by atoms with Crippen LogP contribution in [0.25, 0.3) is 0 Å². The van der Waals surface area contributed by atoms with Crippen LogP contribution in [0, 0.1) is 0 Å². The van der Waals surface area contributed by atoms with E-state index in [0.717, 1.165) is 56.9 Å². The maximum absolute atomic E-state index is 4.45. The zero-order valence-electron chi connectivity index (χ0n) is 26.2. The summed E-state index contributed by atoms with van der Waals surface area (Å²) in [5.74, 6) is 0. The molecule has 0 aromatic heterocycles. The standard InChI is InChI=1S/C42H32N6/c1-5-13-33(14-6-1)43-45-35-21-25-39(26-22-35)48(40-27-23-36(24-28-40)46-44-34-15-7-2-8-16-34)42-31-29-41(30-32-42)47(37-17-9-3-10-18-37)38-19-11-4-12-20-38/h1-32H. The van der Waals surface area contributed by atoms with Gasteiger partial charge in [0.2, 0.25) is 0 Å². The topological polar surface area (TPSA) is 55.9 Å². The Morgan fingerprint density at radius 2 is 0.417 bits per heavy atom. The van der Waals surface area contributed by atoms with E-state index in [1.807, 2.05) is 97.1 Å². The van der Waals surface area contributed by atoms with Gasteiger partial charge < -0.3 is 9.80 Å². The molecular formula is C42H32N6. The molecule has 0 atom stereocenters. The summed E-state index contributed by atoms with van der Waals surface area (Å²) in [6.45, 7) is 0. The van der Waals surface area contributed by atoms with E-state index in [2.05, 4.69) is 127 Å². The lowest BCUT2D eigenvalue weighted by molar-refractivity contribution is 1.21. The van der Waals surface area contributed by atoms with Crippen LogP contribution >= 0.6 is 0 Å². The first kappa shape index (κ1) is 30.0. The van der Waals surface area contributed by atoms with Crippen molar-refractivity contribution >= 4 is 56.9 Å². The van der Waals surface area contributed by atoms with Crippen LogP contribution in [0.4, 0.5) is 56.9 Å². The van der Waals surface area contributed by atoms with E-state index in [-0.39, 0.29) is 0 Å². The van der Waals surface area contributed by atoms with Gasteiger partial charge in [0.1, 0.15) is 0 Å². The van der Waals surface area contributed by atoms with Gasteiger partial charge in [-0.05, 0) is 121 Å². The van der Waals surface area contributed by atoms with E-state index in [1.54, 1.807) is 0 Å². The van der Waals surface area contributed by atoms with Crippen molar-refractivity contribution < 1.29 is 0 Å². The second-order valence-corrected chi connectivity index (χ2v) is 11.0. The molecule has 7 rings (SSSR count). The van der Waals surface area contributed by atoms with Crippen LogP contribution in [-0.4, -0.2) is 0 Å². The van der Waals surface area contributed by atoms with Crippen LogP contribution < -0.4 is 9.80 Å². The molecule has 0 aliphatic carbocycles. The van der Waals surface area contributed by atoms with Gasteiger partial charge in [-0.2, -0.15) is 20.5 Å². The number of anilines is 6. The van der Waals surface area contributed by atoms with E-state index in [4.69, 9.17) is 0 Å². The molecular weight excluding hydrogens is 589 g/mol. The van der Waals surface area contributed by atoms with E-state index >= 15 is 0 Å². The van der Waals surface area contributed by atoms with Crippen molar-refractivity contribution in [1.82, 2.24) is 0 Å². The number of rotatable bonds is 10. The summed E-state index contributed by atoms with van der Waals surface area (Å²) in [5.41, 5.74) is 9.41. The SMILES string of the molecule is c1ccc(N=Nc2ccc(N(c3ccc(N=Nc4ccccc4)cc3)c3ccc(N(c4ccccc4)c4ccccc4)cc3)cc2)cc1. The minimum absolute atomic E-state index is 0.774. The van der Waals surface area contributed by atoms with Crippen LogP contribution in [0.1, 0.15) is 0 Å². The lowest BCUT2D eigenvalue weighted by atomic mass is 10.1. The second-order valence-electron chi connectivity index (χ2n) is 11.0. The van der Waals surface area contributed by atoms with Crippen LogP contribution in [-0.2, 0) is 0 Å². The molecule has 0 unspecified atom stereocenters. The van der Waals surface area contributed by atoms with Gasteiger partial charge in [-0.3, -0.25) is 0 Å². The molecule has 7 aromatic carbocycles. The summed E-state index contributed by atoms with van der Waals surface area (Å²) in [6.07, 6.45) is 0. The van der Waals surface area contributed by atoms with Gasteiger partial charge in [0.05, 0.1) is 22.7 Å². The average molecular weight is 621 g/mol. The number of para-hydroxylation sites is 2.